The van der Waals surface area contributed by atoms with Gasteiger partial charge in [-0.15, -0.1) is 23.4 Å². The molecule has 0 heterocycles. The number of carbonyl (C=O) groups is 1. The van der Waals surface area contributed by atoms with Crippen LogP contribution in [0.1, 0.15) is 5.56 Å². The average molecular weight is 201 g/mol. The molecule has 0 atom stereocenters. The second-order valence-corrected chi connectivity index (χ2v) is 3.55. The van der Waals surface area contributed by atoms with Crippen LogP contribution in [0.25, 0.3) is 0 Å². The van der Waals surface area contributed by atoms with Crippen molar-refractivity contribution in [3.8, 4) is 0 Å². The summed E-state index contributed by atoms with van der Waals surface area (Å²) >= 11 is 7.23. The van der Waals surface area contributed by atoms with Crippen molar-refractivity contribution in [1.82, 2.24) is 0 Å². The molecule has 1 aromatic carbocycles. The molecule has 3 heteroatoms. The van der Waals surface area contributed by atoms with Crippen molar-refractivity contribution in [2.45, 2.75) is 10.8 Å². The van der Waals surface area contributed by atoms with Crippen LogP contribution < -0.4 is 0 Å². The summed E-state index contributed by atoms with van der Waals surface area (Å²) in [5.74, 6) is 0.996. The van der Waals surface area contributed by atoms with Crippen LogP contribution >= 0.6 is 23.4 Å². The van der Waals surface area contributed by atoms with Gasteiger partial charge in [0.15, 0.2) is 0 Å². The van der Waals surface area contributed by atoms with Crippen LogP contribution in [-0.4, -0.2) is 12.0 Å². The lowest BCUT2D eigenvalue weighted by atomic mass is 10.2. The van der Waals surface area contributed by atoms with E-state index in [9.17, 15) is 4.79 Å². The van der Waals surface area contributed by atoms with E-state index in [-0.39, 0.29) is 0 Å². The van der Waals surface area contributed by atoms with Crippen LogP contribution in [0.5, 0.6) is 0 Å². The summed E-state index contributed by atoms with van der Waals surface area (Å²) in [6.45, 7) is 0. The minimum absolute atomic E-state index is 0.494. The van der Waals surface area contributed by atoms with Gasteiger partial charge in [-0.05, 0) is 11.6 Å². The first-order valence-electron chi connectivity index (χ1n) is 3.58. The molecule has 0 saturated heterocycles. The van der Waals surface area contributed by atoms with Crippen molar-refractivity contribution >= 4 is 29.6 Å². The molecule has 0 aliphatic rings. The molecule has 12 heavy (non-hydrogen) atoms. The fourth-order valence-electron chi connectivity index (χ4n) is 0.879. The van der Waals surface area contributed by atoms with Crippen LogP contribution in [0.2, 0.25) is 0 Å². The van der Waals surface area contributed by atoms with Crippen LogP contribution in [0, 0.1) is 0 Å². The minimum atomic E-state index is 0.494. The van der Waals surface area contributed by atoms with E-state index in [1.807, 2.05) is 24.3 Å². The highest BCUT2D eigenvalue weighted by atomic mass is 35.5. The van der Waals surface area contributed by atoms with Gasteiger partial charge in [-0.1, -0.05) is 18.2 Å². The summed E-state index contributed by atoms with van der Waals surface area (Å²) in [4.78, 5) is 11.2. The van der Waals surface area contributed by atoms with E-state index in [2.05, 4.69) is 0 Å². The van der Waals surface area contributed by atoms with E-state index < -0.39 is 0 Å². The number of rotatable bonds is 4. The van der Waals surface area contributed by atoms with Crippen LogP contribution in [-0.2, 0) is 10.7 Å². The highest BCUT2D eigenvalue weighted by Gasteiger charge is 1.99. The Kier molecular flexibility index (Phi) is 4.19. The average Bonchev–Trinajstić information content (AvgIpc) is 2.15. The number of hydrogen-bond acceptors (Lipinski definition) is 2. The molecular formula is C9H9ClOS. The maximum Gasteiger partial charge on any atom is 0.130 e. The number of halogens is 1. The molecular weight excluding hydrogens is 192 g/mol. The largest absolute Gasteiger partial charge is 0.302 e. The summed E-state index contributed by atoms with van der Waals surface area (Å²) in [6, 6.07) is 7.85. The van der Waals surface area contributed by atoms with E-state index in [1.54, 1.807) is 0 Å². The minimum Gasteiger partial charge on any atom is -0.302 e. The molecule has 0 aliphatic carbocycles. The molecule has 0 aliphatic heterocycles. The Balaban J connectivity index is 2.74. The molecule has 0 spiro atoms. The lowest BCUT2D eigenvalue weighted by Crippen LogP contribution is -1.85. The van der Waals surface area contributed by atoms with Gasteiger partial charge in [-0.3, -0.25) is 0 Å². The quantitative estimate of drug-likeness (QED) is 0.422. The van der Waals surface area contributed by atoms with Gasteiger partial charge in [-0.25, -0.2) is 0 Å². The summed E-state index contributed by atoms with van der Waals surface area (Å²) in [7, 11) is 0. The topological polar surface area (TPSA) is 17.1 Å². The zero-order valence-corrected chi connectivity index (χ0v) is 8.07. The van der Waals surface area contributed by atoms with Crippen LogP contribution in [0.15, 0.2) is 29.2 Å². The third-order valence-electron chi connectivity index (χ3n) is 1.42. The molecule has 1 nitrogen and oxygen atoms in total. The van der Waals surface area contributed by atoms with Gasteiger partial charge in [0.2, 0.25) is 0 Å². The third kappa shape index (κ3) is 2.54. The second kappa shape index (κ2) is 5.22. The number of hydrogen-bond donors (Lipinski definition) is 0. The molecule has 0 saturated carbocycles. The monoisotopic (exact) mass is 200 g/mol. The SMILES string of the molecule is O=CCSc1ccccc1CCl. The fraction of sp³-hybridized carbons (Fsp3) is 0.222. The Bertz CT molecular complexity index is 262. The van der Waals surface area contributed by atoms with Crippen molar-refractivity contribution < 1.29 is 4.79 Å². The van der Waals surface area contributed by atoms with E-state index in [0.717, 1.165) is 16.7 Å². The Morgan fingerprint density at radius 2 is 2.17 bits per heavy atom. The fourth-order valence-corrected chi connectivity index (χ4v) is 1.94. The molecule has 0 N–H and O–H groups in total. The maximum absolute atomic E-state index is 10.1. The summed E-state index contributed by atoms with van der Waals surface area (Å²) in [6.07, 6.45) is 0.898. The Hall–Kier alpha value is -0.470. The van der Waals surface area contributed by atoms with Gasteiger partial charge in [0.05, 0.1) is 5.75 Å². The van der Waals surface area contributed by atoms with Crippen molar-refractivity contribution in [3.63, 3.8) is 0 Å². The number of thioether (sulfide) groups is 1. The highest BCUT2D eigenvalue weighted by Crippen LogP contribution is 2.22. The van der Waals surface area contributed by atoms with Gasteiger partial charge in [0, 0.05) is 10.8 Å². The molecule has 0 bridgehead atoms. The second-order valence-electron chi connectivity index (χ2n) is 2.22. The van der Waals surface area contributed by atoms with E-state index in [1.165, 1.54) is 11.8 Å². The molecule has 1 rings (SSSR count). The third-order valence-corrected chi connectivity index (χ3v) is 2.72. The number of aldehydes is 1. The first-order valence-corrected chi connectivity index (χ1v) is 5.11. The lowest BCUT2D eigenvalue weighted by molar-refractivity contribution is -0.105. The molecule has 0 radical (unpaired) electrons. The maximum atomic E-state index is 10.1. The van der Waals surface area contributed by atoms with Gasteiger partial charge < -0.3 is 4.79 Å². The first kappa shape index (κ1) is 9.62. The Morgan fingerprint density at radius 3 is 2.83 bits per heavy atom. The smallest absolute Gasteiger partial charge is 0.130 e. The van der Waals surface area contributed by atoms with Gasteiger partial charge in [0.25, 0.3) is 0 Å². The predicted molar refractivity (Wildman–Crippen MR) is 52.8 cm³/mol. The van der Waals surface area contributed by atoms with Gasteiger partial charge in [0.1, 0.15) is 6.29 Å². The number of benzene rings is 1. The Morgan fingerprint density at radius 1 is 1.42 bits per heavy atom. The first-order chi connectivity index (χ1) is 5.88. The number of alkyl halides is 1. The van der Waals surface area contributed by atoms with Crippen molar-refractivity contribution in [2.24, 2.45) is 0 Å². The predicted octanol–water partition coefficient (Wildman–Crippen LogP) is 2.72. The van der Waals surface area contributed by atoms with Crippen molar-refractivity contribution in [3.05, 3.63) is 29.8 Å². The van der Waals surface area contributed by atoms with E-state index >= 15 is 0 Å². The standard InChI is InChI=1S/C9H9ClOS/c10-7-8-3-1-2-4-9(8)12-6-5-11/h1-5H,6-7H2. The molecule has 0 aromatic heterocycles. The molecule has 1 aromatic rings. The number of carbonyl (C=O) groups excluding carboxylic acids is 1. The summed E-state index contributed by atoms with van der Waals surface area (Å²) in [5.41, 5.74) is 1.09. The normalized spacial score (nSPS) is 9.75. The van der Waals surface area contributed by atoms with Gasteiger partial charge in [-0.2, -0.15) is 0 Å². The van der Waals surface area contributed by atoms with Crippen molar-refractivity contribution in [2.75, 3.05) is 5.75 Å². The molecule has 0 fully saturated rings. The van der Waals surface area contributed by atoms with E-state index in [0.29, 0.717) is 11.6 Å². The van der Waals surface area contributed by atoms with E-state index in [4.69, 9.17) is 11.6 Å². The summed E-state index contributed by atoms with van der Waals surface area (Å²) < 4.78 is 0. The van der Waals surface area contributed by atoms with Crippen LogP contribution in [0.3, 0.4) is 0 Å². The summed E-state index contributed by atoms with van der Waals surface area (Å²) in [5, 5.41) is 0. The van der Waals surface area contributed by atoms with Crippen LogP contribution in [0.4, 0.5) is 0 Å². The lowest BCUT2D eigenvalue weighted by Gasteiger charge is -2.02. The van der Waals surface area contributed by atoms with Gasteiger partial charge >= 0.3 is 0 Å². The molecule has 64 valence electrons. The highest BCUT2D eigenvalue weighted by molar-refractivity contribution is 8.00. The molecule has 0 unspecified atom stereocenters. The molecule has 0 amide bonds. The van der Waals surface area contributed by atoms with Crippen molar-refractivity contribution in [1.29, 1.82) is 0 Å². The zero-order chi connectivity index (χ0) is 8.81. The Labute approximate surface area is 81.1 Å². The zero-order valence-electron chi connectivity index (χ0n) is 6.50.